The van der Waals surface area contributed by atoms with Crippen LogP contribution in [-0.4, -0.2) is 74.9 Å². The van der Waals surface area contributed by atoms with Gasteiger partial charge in [-0.25, -0.2) is 4.57 Å². The zero-order chi connectivity index (χ0) is 42.8. The number of hydrogen-bond donors (Lipinski definition) is 1. The lowest BCUT2D eigenvalue weighted by atomic mass is 10.0. The SMILES string of the molecule is CC/C=C\C/C=C\C/C=C\C/C=C\C/C=C\C/C=C\CCC(=O)O[C@H](COC(=O)CCCCCCCCCCCCCCCCC)COP(=O)(O)OCC[N+](C)(C)C. The Morgan fingerprint density at radius 3 is 1.43 bits per heavy atom. The van der Waals surface area contributed by atoms with E-state index in [4.69, 9.17) is 18.5 Å². The molecule has 0 aromatic heterocycles. The van der Waals surface area contributed by atoms with Gasteiger partial charge in [0.05, 0.1) is 27.7 Å². The Bertz CT molecular complexity index is 1220. The summed E-state index contributed by atoms with van der Waals surface area (Å²) >= 11 is 0. The average molecular weight is 835 g/mol. The monoisotopic (exact) mass is 835 g/mol. The second-order valence-corrected chi connectivity index (χ2v) is 17.5. The molecule has 9 nitrogen and oxygen atoms in total. The number of carbonyl (C=O) groups excluding carboxylic acids is 2. The van der Waals surface area contributed by atoms with E-state index in [0.29, 0.717) is 17.4 Å². The van der Waals surface area contributed by atoms with Crippen molar-refractivity contribution >= 4 is 19.8 Å². The fourth-order valence-electron chi connectivity index (χ4n) is 5.75. The van der Waals surface area contributed by atoms with Gasteiger partial charge in [0.25, 0.3) is 0 Å². The molecule has 10 heteroatoms. The van der Waals surface area contributed by atoms with Crippen LogP contribution in [0.4, 0.5) is 0 Å². The molecule has 58 heavy (non-hydrogen) atoms. The number of rotatable bonds is 40. The first-order valence-electron chi connectivity index (χ1n) is 22.7. The predicted octanol–water partition coefficient (Wildman–Crippen LogP) is 13.0. The van der Waals surface area contributed by atoms with Crippen LogP contribution in [0.15, 0.2) is 72.9 Å². The van der Waals surface area contributed by atoms with Crippen LogP contribution >= 0.6 is 7.82 Å². The largest absolute Gasteiger partial charge is 0.472 e. The number of hydrogen-bond acceptors (Lipinski definition) is 7. The molecule has 0 amide bonds. The number of ether oxygens (including phenoxy) is 2. The second kappa shape index (κ2) is 39.9. The van der Waals surface area contributed by atoms with E-state index in [9.17, 15) is 19.0 Å². The van der Waals surface area contributed by atoms with Crippen LogP contribution in [0.5, 0.6) is 0 Å². The number of carbonyl (C=O) groups is 2. The topological polar surface area (TPSA) is 108 Å². The number of quaternary nitrogens is 1. The maximum atomic E-state index is 12.7. The number of phosphoric acid groups is 1. The molecule has 1 N–H and O–H groups in total. The minimum atomic E-state index is -4.40. The van der Waals surface area contributed by atoms with Crippen molar-refractivity contribution in [3.05, 3.63) is 72.9 Å². The number of phosphoric ester groups is 1. The summed E-state index contributed by atoms with van der Waals surface area (Å²) in [6.45, 7) is 4.22. The van der Waals surface area contributed by atoms with Crippen LogP contribution in [0.25, 0.3) is 0 Å². The summed E-state index contributed by atoms with van der Waals surface area (Å²) < 4.78 is 34.2. The maximum Gasteiger partial charge on any atom is 0.472 e. The zero-order valence-electron chi connectivity index (χ0n) is 37.5. The van der Waals surface area contributed by atoms with Crippen LogP contribution in [0.2, 0.25) is 0 Å². The average Bonchev–Trinajstić information content (AvgIpc) is 3.17. The highest BCUT2D eigenvalue weighted by Gasteiger charge is 2.27. The lowest BCUT2D eigenvalue weighted by Gasteiger charge is -2.24. The number of likely N-dealkylation sites (N-methyl/N-ethyl adjacent to an activating group) is 1. The van der Waals surface area contributed by atoms with Gasteiger partial charge in [0.1, 0.15) is 19.8 Å². The molecule has 0 saturated heterocycles. The fourth-order valence-corrected chi connectivity index (χ4v) is 6.49. The number of nitrogens with zero attached hydrogens (tertiary/aromatic N) is 1. The van der Waals surface area contributed by atoms with Crippen LogP contribution in [0.3, 0.4) is 0 Å². The van der Waals surface area contributed by atoms with Crippen molar-refractivity contribution in [3.63, 3.8) is 0 Å². The first-order chi connectivity index (χ1) is 28.0. The van der Waals surface area contributed by atoms with Crippen LogP contribution < -0.4 is 0 Å². The van der Waals surface area contributed by atoms with Gasteiger partial charge in [-0.15, -0.1) is 0 Å². The summed E-state index contributed by atoms with van der Waals surface area (Å²) in [4.78, 5) is 35.4. The summed E-state index contributed by atoms with van der Waals surface area (Å²) in [7, 11) is 1.42. The summed E-state index contributed by atoms with van der Waals surface area (Å²) in [5, 5.41) is 0. The van der Waals surface area contributed by atoms with Gasteiger partial charge < -0.3 is 18.9 Å². The van der Waals surface area contributed by atoms with Crippen molar-refractivity contribution in [2.45, 2.75) is 174 Å². The Hall–Kier alpha value is -2.55. The van der Waals surface area contributed by atoms with Gasteiger partial charge >= 0.3 is 19.8 Å². The summed E-state index contributed by atoms with van der Waals surface area (Å²) in [6.07, 6.45) is 49.6. The normalized spacial score (nSPS) is 14.2. The molecule has 0 saturated carbocycles. The van der Waals surface area contributed by atoms with E-state index in [-0.39, 0.29) is 32.0 Å². The molecule has 0 aromatic rings. The first-order valence-corrected chi connectivity index (χ1v) is 24.2. The van der Waals surface area contributed by atoms with Crippen molar-refractivity contribution in [3.8, 4) is 0 Å². The Morgan fingerprint density at radius 2 is 0.983 bits per heavy atom. The third-order valence-corrected chi connectivity index (χ3v) is 10.2. The number of unbranched alkanes of at least 4 members (excludes halogenated alkanes) is 14. The van der Waals surface area contributed by atoms with Crippen LogP contribution in [0, 0.1) is 0 Å². The molecule has 0 aromatic carbocycles. The molecule has 0 spiro atoms. The summed E-state index contributed by atoms with van der Waals surface area (Å²) in [5.41, 5.74) is 0. The quantitative estimate of drug-likeness (QED) is 0.0214. The molecule has 334 valence electrons. The van der Waals surface area contributed by atoms with E-state index in [0.717, 1.165) is 57.8 Å². The second-order valence-electron chi connectivity index (χ2n) is 16.1. The molecule has 0 aliphatic heterocycles. The molecule has 0 aliphatic rings. The molecule has 1 unspecified atom stereocenters. The molecule has 0 aliphatic carbocycles. The fraction of sp³-hybridized carbons (Fsp3) is 0.708. The van der Waals surface area contributed by atoms with E-state index in [1.165, 1.54) is 77.0 Å². The first kappa shape index (κ1) is 55.5. The lowest BCUT2D eigenvalue weighted by Crippen LogP contribution is -2.37. The van der Waals surface area contributed by atoms with Crippen molar-refractivity contribution in [1.29, 1.82) is 0 Å². The van der Waals surface area contributed by atoms with E-state index in [2.05, 4.69) is 74.6 Å². The summed E-state index contributed by atoms with van der Waals surface area (Å²) in [5.74, 6) is -0.898. The van der Waals surface area contributed by atoms with Crippen LogP contribution in [-0.2, 0) is 32.7 Å². The molecular formula is C48H85NO8P+. The van der Waals surface area contributed by atoms with Gasteiger partial charge in [0.2, 0.25) is 0 Å². The van der Waals surface area contributed by atoms with Crippen molar-refractivity contribution in [2.75, 3.05) is 47.5 Å². The van der Waals surface area contributed by atoms with Crippen molar-refractivity contribution in [2.24, 2.45) is 0 Å². The Kier molecular flexibility index (Phi) is 38.1. The van der Waals surface area contributed by atoms with Crippen molar-refractivity contribution in [1.82, 2.24) is 0 Å². The predicted molar refractivity (Wildman–Crippen MR) is 242 cm³/mol. The summed E-state index contributed by atoms with van der Waals surface area (Å²) in [6, 6.07) is 0. The van der Waals surface area contributed by atoms with Gasteiger partial charge in [-0.2, -0.15) is 0 Å². The molecular weight excluding hydrogens is 750 g/mol. The maximum absolute atomic E-state index is 12.7. The molecule has 0 radical (unpaired) electrons. The zero-order valence-corrected chi connectivity index (χ0v) is 38.4. The van der Waals surface area contributed by atoms with Gasteiger partial charge in [0, 0.05) is 12.8 Å². The standard InChI is InChI=1S/C48H84NO8P/c1-6-8-10-12-14-16-18-20-22-23-24-25-27-29-31-33-35-37-39-41-48(51)57-46(45-56-58(52,53)55-43-42-49(3,4)5)44-54-47(50)40-38-36-34-32-30-28-26-21-19-17-15-13-11-9-7-2/h8,10,14,16,20,22,24-25,29,31,35,37,46H,6-7,9,11-13,15,17-19,21,23,26-28,30,32-34,36,38-45H2,1-5H3/p+1/b10-8-,16-14-,22-20-,25-24-,31-29-,37-35-/t46-/m1/s1. The minimum Gasteiger partial charge on any atom is -0.462 e. The Balaban J connectivity index is 4.48. The Labute approximate surface area is 355 Å². The third kappa shape index (κ3) is 43.0. The van der Waals surface area contributed by atoms with Crippen molar-refractivity contribution < 1.29 is 42.1 Å². The number of allylic oxidation sites excluding steroid dienone is 12. The van der Waals surface area contributed by atoms with Gasteiger partial charge in [-0.05, 0) is 51.4 Å². The molecule has 0 bridgehead atoms. The molecule has 0 heterocycles. The van der Waals surface area contributed by atoms with Gasteiger partial charge in [0.15, 0.2) is 6.10 Å². The van der Waals surface area contributed by atoms with E-state index in [1.54, 1.807) is 0 Å². The highest BCUT2D eigenvalue weighted by molar-refractivity contribution is 7.47. The Morgan fingerprint density at radius 1 is 0.552 bits per heavy atom. The minimum absolute atomic E-state index is 0.0158. The highest BCUT2D eigenvalue weighted by Crippen LogP contribution is 2.43. The third-order valence-electron chi connectivity index (χ3n) is 9.26. The molecule has 0 rings (SSSR count). The molecule has 0 fully saturated rings. The van der Waals surface area contributed by atoms with E-state index in [1.807, 2.05) is 33.3 Å². The lowest BCUT2D eigenvalue weighted by molar-refractivity contribution is -0.870. The van der Waals surface area contributed by atoms with E-state index < -0.39 is 26.5 Å². The number of esters is 2. The smallest absolute Gasteiger partial charge is 0.462 e. The molecule has 2 atom stereocenters. The van der Waals surface area contributed by atoms with E-state index >= 15 is 0 Å². The highest BCUT2D eigenvalue weighted by atomic mass is 31.2. The van der Waals surface area contributed by atoms with Crippen LogP contribution in [0.1, 0.15) is 168 Å². The van der Waals surface area contributed by atoms with Gasteiger partial charge in [-0.1, -0.05) is 177 Å². The van der Waals surface area contributed by atoms with Gasteiger partial charge in [-0.3, -0.25) is 18.6 Å².